The molecule has 0 saturated carbocycles. The zero-order valence-corrected chi connectivity index (χ0v) is 28.0. The Hall–Kier alpha value is -6.97. The van der Waals surface area contributed by atoms with E-state index in [0.29, 0.717) is 16.8 Å². The van der Waals surface area contributed by atoms with Crippen molar-refractivity contribution in [3.05, 3.63) is 192 Å². The van der Waals surface area contributed by atoms with Gasteiger partial charge in [0.1, 0.15) is 0 Å². The predicted octanol–water partition coefficient (Wildman–Crippen LogP) is 8.12. The van der Waals surface area contributed by atoms with Gasteiger partial charge in [-0.05, 0) is 91.9 Å². The number of fused-ring (bicyclic) bond motifs is 3. The number of nitrogens with zero attached hydrogens (tertiary/aromatic N) is 4. The minimum absolute atomic E-state index is 0.565. The maximum absolute atomic E-state index is 10.00. The summed E-state index contributed by atoms with van der Waals surface area (Å²) in [5.74, 6) is 0. The third-order valence-electron chi connectivity index (χ3n) is 9.61. The van der Waals surface area contributed by atoms with Gasteiger partial charge in [0.05, 0.1) is 40.9 Å². The van der Waals surface area contributed by atoms with E-state index in [4.69, 9.17) is 6.57 Å². The molecule has 0 amide bonds. The highest BCUT2D eigenvalue weighted by Crippen LogP contribution is 2.35. The first-order valence-electron chi connectivity index (χ1n) is 16.3. The van der Waals surface area contributed by atoms with Crippen LogP contribution in [0.25, 0.3) is 43.5 Å². The predicted molar refractivity (Wildman–Crippen MR) is 206 cm³/mol. The first-order chi connectivity index (χ1) is 24.6. The van der Waals surface area contributed by atoms with Gasteiger partial charge in [-0.15, -0.1) is 0 Å². The minimum atomic E-state index is -2.94. The molecule has 0 spiro atoms. The van der Waals surface area contributed by atoms with Crippen LogP contribution in [0.15, 0.2) is 170 Å². The van der Waals surface area contributed by atoms with Crippen LogP contribution < -0.4 is 20.7 Å². The molecule has 0 N–H and O–H groups in total. The molecule has 0 aliphatic heterocycles. The number of aromatic nitrogens is 1. The average Bonchev–Trinajstić information content (AvgIpc) is 3.52. The fourth-order valence-corrected chi connectivity index (χ4v) is 12.5. The molecule has 7 aromatic carbocycles. The first-order valence-corrected chi connectivity index (χ1v) is 18.3. The van der Waals surface area contributed by atoms with E-state index < -0.39 is 8.07 Å². The van der Waals surface area contributed by atoms with Crippen molar-refractivity contribution in [1.82, 2.24) is 4.57 Å². The molecule has 50 heavy (non-hydrogen) atoms. The van der Waals surface area contributed by atoms with E-state index in [1.165, 1.54) is 15.6 Å². The van der Waals surface area contributed by atoms with Crippen molar-refractivity contribution in [2.75, 3.05) is 0 Å². The molecule has 0 radical (unpaired) electrons. The summed E-state index contributed by atoms with van der Waals surface area (Å²) >= 11 is 0. The molecular formula is C45H28N4Si. The van der Waals surface area contributed by atoms with E-state index in [0.717, 1.165) is 43.8 Å². The van der Waals surface area contributed by atoms with Crippen LogP contribution >= 0.6 is 0 Å². The summed E-state index contributed by atoms with van der Waals surface area (Å²) in [7, 11) is -2.94. The summed E-state index contributed by atoms with van der Waals surface area (Å²) in [5.41, 5.74) is 6.97. The molecule has 5 heteroatoms. The SMILES string of the molecule is [C-]#[N+]c1ccc2c(c1)c1cc(C#N)ccc1n2-c1ccc(-c2ccccc2[Si](c2ccccc2)(c2ccccc2)c2cccc(C#N)c2)cc1. The van der Waals surface area contributed by atoms with Crippen molar-refractivity contribution in [3.63, 3.8) is 0 Å². The van der Waals surface area contributed by atoms with Gasteiger partial charge in [-0.3, -0.25) is 0 Å². The number of benzene rings is 7. The molecular weight excluding hydrogens is 625 g/mol. The lowest BCUT2D eigenvalue weighted by molar-refractivity contribution is 1.18. The first kappa shape index (κ1) is 30.4. The molecule has 1 heterocycles. The quantitative estimate of drug-likeness (QED) is 0.104. The van der Waals surface area contributed by atoms with E-state index in [1.54, 1.807) is 0 Å². The summed E-state index contributed by atoms with van der Waals surface area (Å²) in [6.45, 7) is 7.58. The maximum atomic E-state index is 10.00. The average molecular weight is 653 g/mol. The fourth-order valence-electron chi connectivity index (χ4n) is 7.45. The highest BCUT2D eigenvalue weighted by Gasteiger charge is 2.43. The topological polar surface area (TPSA) is 56.9 Å². The second-order valence-electron chi connectivity index (χ2n) is 12.3. The molecule has 8 aromatic rings. The van der Waals surface area contributed by atoms with Crippen LogP contribution in [-0.4, -0.2) is 12.6 Å². The Morgan fingerprint density at radius 2 is 1.10 bits per heavy atom. The van der Waals surface area contributed by atoms with Gasteiger partial charge in [0.25, 0.3) is 0 Å². The van der Waals surface area contributed by atoms with Crippen molar-refractivity contribution < 1.29 is 0 Å². The molecule has 0 bridgehead atoms. The molecule has 0 atom stereocenters. The van der Waals surface area contributed by atoms with Crippen LogP contribution in [0.1, 0.15) is 11.1 Å². The number of hydrogen-bond donors (Lipinski definition) is 0. The van der Waals surface area contributed by atoms with Crippen LogP contribution in [0.3, 0.4) is 0 Å². The van der Waals surface area contributed by atoms with Crippen molar-refractivity contribution in [2.45, 2.75) is 0 Å². The van der Waals surface area contributed by atoms with E-state index in [9.17, 15) is 10.5 Å². The monoisotopic (exact) mass is 652 g/mol. The van der Waals surface area contributed by atoms with E-state index in [-0.39, 0.29) is 0 Å². The molecule has 0 unspecified atom stereocenters. The third kappa shape index (κ3) is 4.88. The van der Waals surface area contributed by atoms with Gasteiger partial charge in [0.2, 0.25) is 0 Å². The summed E-state index contributed by atoms with van der Waals surface area (Å²) in [4.78, 5) is 3.66. The van der Waals surface area contributed by atoms with Gasteiger partial charge in [-0.2, -0.15) is 10.5 Å². The molecule has 4 nitrogen and oxygen atoms in total. The second kappa shape index (κ2) is 12.6. The van der Waals surface area contributed by atoms with Crippen molar-refractivity contribution in [1.29, 1.82) is 10.5 Å². The number of rotatable bonds is 6. The smallest absolute Gasteiger partial charge is 0.188 e. The lowest BCUT2D eigenvalue weighted by atomic mass is 10.1. The van der Waals surface area contributed by atoms with Crippen molar-refractivity contribution in [3.8, 4) is 29.0 Å². The maximum Gasteiger partial charge on any atom is 0.188 e. The van der Waals surface area contributed by atoms with Crippen LogP contribution in [0, 0.1) is 29.2 Å². The minimum Gasteiger partial charge on any atom is -0.309 e. The lowest BCUT2D eigenvalue weighted by Crippen LogP contribution is -2.75. The Balaban J connectivity index is 1.36. The molecule has 8 rings (SSSR count). The normalized spacial score (nSPS) is 11.1. The summed E-state index contributed by atoms with van der Waals surface area (Å²) in [6.07, 6.45) is 0. The molecule has 0 aliphatic rings. The Morgan fingerprint density at radius 1 is 0.520 bits per heavy atom. The van der Waals surface area contributed by atoms with Crippen molar-refractivity contribution >= 4 is 56.3 Å². The molecule has 1 aromatic heterocycles. The zero-order valence-electron chi connectivity index (χ0n) is 27.0. The Kier molecular flexibility index (Phi) is 7.63. The third-order valence-corrected chi connectivity index (χ3v) is 14.4. The van der Waals surface area contributed by atoms with Gasteiger partial charge >= 0.3 is 0 Å². The van der Waals surface area contributed by atoms with E-state index in [2.05, 4.69) is 143 Å². The molecule has 0 aliphatic carbocycles. The number of nitriles is 2. The van der Waals surface area contributed by atoms with Crippen LogP contribution in [0.5, 0.6) is 0 Å². The molecule has 0 fully saturated rings. The van der Waals surface area contributed by atoms with Gasteiger partial charge in [0, 0.05) is 11.1 Å². The van der Waals surface area contributed by atoms with E-state index in [1.807, 2.05) is 48.5 Å². The summed E-state index contributed by atoms with van der Waals surface area (Å²) in [5, 5.41) is 26.4. The van der Waals surface area contributed by atoms with Crippen LogP contribution in [0.4, 0.5) is 5.69 Å². The zero-order chi connectivity index (χ0) is 34.1. The van der Waals surface area contributed by atoms with Gasteiger partial charge < -0.3 is 4.57 Å². The summed E-state index contributed by atoms with van der Waals surface area (Å²) in [6, 6.07) is 63.1. The van der Waals surface area contributed by atoms with Gasteiger partial charge in [-0.1, -0.05) is 115 Å². The standard InChI is InChI=1S/C45H28N4Si/c1-48-35-22-26-44-42(29-35)41-28-33(31-47)19-25-43(41)49(44)36-23-20-34(21-24-36)40-17-8-9-18-45(40)50(37-12-4-2-5-13-37,38-14-6-3-7-15-38)39-16-10-11-32(27-39)30-46/h2-29H. The Morgan fingerprint density at radius 3 is 1.76 bits per heavy atom. The van der Waals surface area contributed by atoms with Crippen LogP contribution in [-0.2, 0) is 0 Å². The largest absolute Gasteiger partial charge is 0.309 e. The van der Waals surface area contributed by atoms with E-state index >= 15 is 0 Å². The van der Waals surface area contributed by atoms with Gasteiger partial charge in [-0.25, -0.2) is 4.85 Å². The Bertz CT molecular complexity index is 2560. The van der Waals surface area contributed by atoms with Gasteiger partial charge in [0.15, 0.2) is 13.8 Å². The molecule has 232 valence electrons. The Labute approximate surface area is 291 Å². The van der Waals surface area contributed by atoms with Crippen LogP contribution in [0.2, 0.25) is 0 Å². The lowest BCUT2D eigenvalue weighted by Gasteiger charge is -2.36. The number of hydrogen-bond acceptors (Lipinski definition) is 2. The molecule has 0 saturated heterocycles. The second-order valence-corrected chi connectivity index (χ2v) is 16.0. The highest BCUT2D eigenvalue weighted by molar-refractivity contribution is 7.20. The van der Waals surface area contributed by atoms with Crippen molar-refractivity contribution in [2.24, 2.45) is 0 Å². The highest BCUT2D eigenvalue weighted by atomic mass is 28.3. The fraction of sp³-hybridized carbons (Fsp3) is 0. The summed E-state index contributed by atoms with van der Waals surface area (Å²) < 4.78 is 2.20.